The van der Waals surface area contributed by atoms with Gasteiger partial charge in [0.15, 0.2) is 0 Å². The topological polar surface area (TPSA) is 48.0 Å². The summed E-state index contributed by atoms with van der Waals surface area (Å²) in [5, 5.41) is 0. The highest BCUT2D eigenvalue weighted by molar-refractivity contribution is 5.95. The molecule has 0 bridgehead atoms. The van der Waals surface area contributed by atoms with Crippen LogP contribution in [0.15, 0.2) is 30.3 Å². The van der Waals surface area contributed by atoms with Gasteiger partial charge in [-0.2, -0.15) is 0 Å². The molecule has 1 heterocycles. The molecule has 2 aromatic rings. The summed E-state index contributed by atoms with van der Waals surface area (Å²) in [7, 11) is 0. The monoisotopic (exact) mass is 270 g/mol. The molecule has 0 aliphatic heterocycles. The number of benzene rings is 1. The molecular formula is C17H22N2O. The molecule has 1 aromatic carbocycles. The molecule has 0 spiro atoms. The second-order valence-corrected chi connectivity index (χ2v) is 5.76. The van der Waals surface area contributed by atoms with Crippen molar-refractivity contribution < 1.29 is 4.79 Å². The van der Waals surface area contributed by atoms with Crippen LogP contribution in [0.25, 0.3) is 11.3 Å². The number of primary amides is 1. The number of rotatable bonds is 4. The molecule has 3 nitrogen and oxygen atoms in total. The van der Waals surface area contributed by atoms with Crippen molar-refractivity contribution in [2.75, 3.05) is 0 Å². The normalized spacial score (nSPS) is 11.1. The molecule has 106 valence electrons. The minimum absolute atomic E-state index is 0.363. The van der Waals surface area contributed by atoms with E-state index in [1.54, 1.807) is 0 Å². The van der Waals surface area contributed by atoms with Gasteiger partial charge in [-0.05, 0) is 31.4 Å². The lowest BCUT2D eigenvalue weighted by atomic mass is 10.1. The zero-order chi connectivity index (χ0) is 14.9. The van der Waals surface area contributed by atoms with E-state index in [0.717, 1.165) is 23.5 Å². The van der Waals surface area contributed by atoms with E-state index >= 15 is 0 Å². The number of hydrogen-bond donors (Lipinski definition) is 1. The Morgan fingerprint density at radius 3 is 2.30 bits per heavy atom. The summed E-state index contributed by atoms with van der Waals surface area (Å²) in [6.07, 6.45) is 0. The number of nitrogens with two attached hydrogens (primary N) is 1. The highest BCUT2D eigenvalue weighted by atomic mass is 16.1. The van der Waals surface area contributed by atoms with E-state index < -0.39 is 0 Å². The van der Waals surface area contributed by atoms with Gasteiger partial charge in [0, 0.05) is 17.9 Å². The van der Waals surface area contributed by atoms with Gasteiger partial charge < -0.3 is 10.3 Å². The molecule has 1 amide bonds. The molecule has 0 fully saturated rings. The van der Waals surface area contributed by atoms with Crippen LogP contribution in [-0.2, 0) is 6.54 Å². The summed E-state index contributed by atoms with van der Waals surface area (Å²) in [4.78, 5) is 11.6. The molecule has 0 atom stereocenters. The number of aromatic nitrogens is 1. The van der Waals surface area contributed by atoms with Gasteiger partial charge in [-0.15, -0.1) is 0 Å². The summed E-state index contributed by atoms with van der Waals surface area (Å²) in [5.41, 5.74) is 10.4. The molecule has 3 heteroatoms. The number of aryl methyl sites for hydroxylation is 1. The van der Waals surface area contributed by atoms with Crippen LogP contribution in [0.5, 0.6) is 0 Å². The van der Waals surface area contributed by atoms with Crippen LogP contribution < -0.4 is 5.73 Å². The number of hydrogen-bond acceptors (Lipinski definition) is 1. The van der Waals surface area contributed by atoms with Gasteiger partial charge in [-0.3, -0.25) is 4.79 Å². The number of amides is 1. The van der Waals surface area contributed by atoms with Crippen LogP contribution in [0.1, 0.15) is 35.5 Å². The fourth-order valence-electron chi connectivity index (χ4n) is 2.46. The van der Waals surface area contributed by atoms with Gasteiger partial charge in [0.2, 0.25) is 0 Å². The van der Waals surface area contributed by atoms with Crippen LogP contribution in [0.3, 0.4) is 0 Å². The lowest BCUT2D eigenvalue weighted by molar-refractivity contribution is 0.0999. The van der Waals surface area contributed by atoms with Crippen molar-refractivity contribution in [3.05, 3.63) is 47.2 Å². The van der Waals surface area contributed by atoms with Crippen molar-refractivity contribution >= 4 is 5.91 Å². The van der Waals surface area contributed by atoms with Gasteiger partial charge in [0.25, 0.3) is 5.91 Å². The van der Waals surface area contributed by atoms with E-state index in [9.17, 15) is 4.79 Å². The predicted molar refractivity (Wildman–Crippen MR) is 82.7 cm³/mol. The lowest BCUT2D eigenvalue weighted by Crippen LogP contribution is -2.13. The van der Waals surface area contributed by atoms with Crippen molar-refractivity contribution in [2.24, 2.45) is 11.7 Å². The summed E-state index contributed by atoms with van der Waals surface area (Å²) in [5.74, 6) is 0.143. The summed E-state index contributed by atoms with van der Waals surface area (Å²) in [6.45, 7) is 9.24. The third kappa shape index (κ3) is 2.77. The third-order valence-corrected chi connectivity index (χ3v) is 3.53. The second-order valence-electron chi connectivity index (χ2n) is 5.76. The van der Waals surface area contributed by atoms with Crippen LogP contribution in [0, 0.1) is 19.8 Å². The Bertz CT molecular complexity index is 621. The molecule has 2 N–H and O–H groups in total. The average Bonchev–Trinajstić information content (AvgIpc) is 2.68. The third-order valence-electron chi connectivity index (χ3n) is 3.53. The zero-order valence-corrected chi connectivity index (χ0v) is 12.6. The van der Waals surface area contributed by atoms with Crippen LogP contribution in [0.4, 0.5) is 0 Å². The molecule has 0 radical (unpaired) electrons. The first kappa shape index (κ1) is 14.4. The van der Waals surface area contributed by atoms with Crippen molar-refractivity contribution in [1.29, 1.82) is 0 Å². The van der Waals surface area contributed by atoms with Crippen LogP contribution in [0.2, 0.25) is 0 Å². The minimum Gasteiger partial charge on any atom is -0.366 e. The number of nitrogens with zero attached hydrogens (tertiary/aromatic N) is 1. The predicted octanol–water partition coefficient (Wildman–Crippen LogP) is 3.53. The second kappa shape index (κ2) is 5.53. The Kier molecular flexibility index (Phi) is 3.98. The molecular weight excluding hydrogens is 248 g/mol. The smallest absolute Gasteiger partial charge is 0.250 e. The van der Waals surface area contributed by atoms with Crippen molar-refractivity contribution in [3.8, 4) is 11.3 Å². The van der Waals surface area contributed by atoms with Gasteiger partial charge >= 0.3 is 0 Å². The van der Waals surface area contributed by atoms with Crippen molar-refractivity contribution in [2.45, 2.75) is 34.2 Å². The molecule has 0 aliphatic carbocycles. The van der Waals surface area contributed by atoms with Crippen molar-refractivity contribution in [1.82, 2.24) is 4.57 Å². The molecule has 2 rings (SSSR count). The molecule has 0 aliphatic rings. The van der Waals surface area contributed by atoms with E-state index in [-0.39, 0.29) is 5.91 Å². The zero-order valence-electron chi connectivity index (χ0n) is 12.6. The van der Waals surface area contributed by atoms with Crippen LogP contribution >= 0.6 is 0 Å². The lowest BCUT2D eigenvalue weighted by Gasteiger charge is -2.14. The highest BCUT2D eigenvalue weighted by Crippen LogP contribution is 2.27. The Morgan fingerprint density at radius 1 is 1.20 bits per heavy atom. The Hall–Kier alpha value is -2.03. The van der Waals surface area contributed by atoms with Gasteiger partial charge in [-0.1, -0.05) is 43.7 Å². The Morgan fingerprint density at radius 2 is 1.80 bits per heavy atom. The van der Waals surface area contributed by atoms with Crippen molar-refractivity contribution in [3.63, 3.8) is 0 Å². The summed E-state index contributed by atoms with van der Waals surface area (Å²) in [6, 6.07) is 10.3. The molecule has 20 heavy (non-hydrogen) atoms. The molecule has 0 unspecified atom stereocenters. The average molecular weight is 270 g/mol. The number of carbonyl (C=O) groups excluding carboxylic acids is 1. The van der Waals surface area contributed by atoms with E-state index in [0.29, 0.717) is 11.5 Å². The first-order chi connectivity index (χ1) is 9.40. The fourth-order valence-corrected chi connectivity index (χ4v) is 2.46. The maximum atomic E-state index is 11.6. The van der Waals surface area contributed by atoms with Crippen LogP contribution in [-0.4, -0.2) is 10.5 Å². The molecule has 0 saturated heterocycles. The maximum absolute atomic E-state index is 11.6. The first-order valence-electron chi connectivity index (χ1n) is 6.97. The Labute approximate surface area is 120 Å². The quantitative estimate of drug-likeness (QED) is 0.907. The maximum Gasteiger partial charge on any atom is 0.250 e. The summed E-state index contributed by atoms with van der Waals surface area (Å²) >= 11 is 0. The van der Waals surface area contributed by atoms with E-state index in [4.69, 9.17) is 5.73 Å². The van der Waals surface area contributed by atoms with Gasteiger partial charge in [0.05, 0.1) is 5.56 Å². The number of carbonyl (C=O) groups is 1. The standard InChI is InChI=1S/C17H22N2O/c1-11(2)10-19-13(4)15(17(18)20)9-16(19)14-7-5-12(3)6-8-14/h5-9,11H,10H2,1-4H3,(H2,18,20). The molecule has 0 saturated carbocycles. The van der Waals surface area contributed by atoms with E-state index in [1.807, 2.05) is 13.0 Å². The highest BCUT2D eigenvalue weighted by Gasteiger charge is 2.17. The fraction of sp³-hybridized carbons (Fsp3) is 0.353. The summed E-state index contributed by atoms with van der Waals surface area (Å²) < 4.78 is 2.19. The minimum atomic E-state index is -0.363. The SMILES string of the molecule is Cc1ccc(-c2cc(C(N)=O)c(C)n2CC(C)C)cc1. The molecule has 1 aromatic heterocycles. The van der Waals surface area contributed by atoms with E-state index in [1.165, 1.54) is 5.56 Å². The van der Waals surface area contributed by atoms with Gasteiger partial charge in [0.1, 0.15) is 0 Å². The Balaban J connectivity index is 2.58. The largest absolute Gasteiger partial charge is 0.366 e. The first-order valence-corrected chi connectivity index (χ1v) is 6.97. The van der Waals surface area contributed by atoms with E-state index in [2.05, 4.69) is 49.6 Å². The van der Waals surface area contributed by atoms with Gasteiger partial charge in [-0.25, -0.2) is 0 Å².